The van der Waals surface area contributed by atoms with Crippen LogP contribution in [0.3, 0.4) is 0 Å². The molecule has 0 spiro atoms. The van der Waals surface area contributed by atoms with E-state index in [0.717, 1.165) is 25.0 Å². The minimum absolute atomic E-state index is 0.924. The third-order valence-electron chi connectivity index (χ3n) is 2.91. The molecular formula is C16H18O. The van der Waals surface area contributed by atoms with Crippen molar-refractivity contribution in [1.29, 1.82) is 0 Å². The minimum atomic E-state index is 0.924. The highest BCUT2D eigenvalue weighted by atomic mass is 16.5. The Labute approximate surface area is 103 Å². The van der Waals surface area contributed by atoms with Crippen LogP contribution in [0.15, 0.2) is 60.2 Å². The molecule has 88 valence electrons. The number of hydrogen-bond acceptors (Lipinski definition) is 1. The number of rotatable bonds is 4. The van der Waals surface area contributed by atoms with E-state index in [2.05, 4.69) is 42.5 Å². The van der Waals surface area contributed by atoms with Gasteiger partial charge in [0.25, 0.3) is 0 Å². The molecule has 0 aromatic heterocycles. The highest BCUT2D eigenvalue weighted by molar-refractivity contribution is 5.30. The fraction of sp³-hybridized carbons (Fsp3) is 0.250. The molecule has 1 aromatic rings. The summed E-state index contributed by atoms with van der Waals surface area (Å²) in [6.45, 7) is 0. The Morgan fingerprint density at radius 2 is 2.00 bits per heavy atom. The van der Waals surface area contributed by atoms with Crippen LogP contribution in [0.5, 0.6) is 5.75 Å². The molecule has 1 heteroatoms. The van der Waals surface area contributed by atoms with E-state index in [0.29, 0.717) is 0 Å². The third kappa shape index (κ3) is 3.63. The van der Waals surface area contributed by atoms with Gasteiger partial charge in [-0.15, -0.1) is 0 Å². The van der Waals surface area contributed by atoms with Gasteiger partial charge in [-0.2, -0.15) is 0 Å². The number of methoxy groups -OCH3 is 1. The second-order valence-electron chi connectivity index (χ2n) is 4.16. The lowest BCUT2D eigenvalue weighted by molar-refractivity contribution is 0.414. The summed E-state index contributed by atoms with van der Waals surface area (Å²) in [4.78, 5) is 0. The van der Waals surface area contributed by atoms with Crippen LogP contribution in [0.1, 0.15) is 18.4 Å². The van der Waals surface area contributed by atoms with Crippen LogP contribution >= 0.6 is 0 Å². The van der Waals surface area contributed by atoms with Crippen molar-refractivity contribution in [2.75, 3.05) is 7.11 Å². The summed E-state index contributed by atoms with van der Waals surface area (Å²) in [5.74, 6) is 0.924. The second kappa shape index (κ2) is 6.09. The van der Waals surface area contributed by atoms with Crippen LogP contribution in [-0.2, 0) is 6.42 Å². The van der Waals surface area contributed by atoms with Crippen molar-refractivity contribution in [1.82, 2.24) is 0 Å². The van der Waals surface area contributed by atoms with Gasteiger partial charge in [-0.1, -0.05) is 42.5 Å². The Kier molecular flexibility index (Phi) is 4.20. The van der Waals surface area contributed by atoms with Gasteiger partial charge >= 0.3 is 0 Å². The van der Waals surface area contributed by atoms with Gasteiger partial charge < -0.3 is 4.74 Å². The van der Waals surface area contributed by atoms with E-state index < -0.39 is 0 Å². The van der Waals surface area contributed by atoms with Crippen LogP contribution < -0.4 is 4.74 Å². The van der Waals surface area contributed by atoms with E-state index in [4.69, 9.17) is 4.74 Å². The van der Waals surface area contributed by atoms with Crippen LogP contribution in [-0.4, -0.2) is 7.11 Å². The maximum atomic E-state index is 5.14. The molecule has 0 atom stereocenters. The lowest BCUT2D eigenvalue weighted by Crippen LogP contribution is -1.87. The van der Waals surface area contributed by atoms with E-state index in [1.54, 1.807) is 7.11 Å². The zero-order valence-electron chi connectivity index (χ0n) is 10.2. The third-order valence-corrected chi connectivity index (χ3v) is 2.91. The number of allylic oxidation sites excluding steroid dienone is 6. The molecule has 1 aliphatic carbocycles. The van der Waals surface area contributed by atoms with Gasteiger partial charge in [-0.25, -0.2) is 0 Å². The highest BCUT2D eigenvalue weighted by Crippen LogP contribution is 2.15. The Morgan fingerprint density at radius 1 is 1.18 bits per heavy atom. The summed E-state index contributed by atoms with van der Waals surface area (Å²) in [6.07, 6.45) is 14.2. The van der Waals surface area contributed by atoms with Crippen LogP contribution in [0.2, 0.25) is 0 Å². The van der Waals surface area contributed by atoms with Crippen molar-refractivity contribution in [2.45, 2.75) is 19.3 Å². The predicted molar refractivity (Wildman–Crippen MR) is 72.3 cm³/mol. The van der Waals surface area contributed by atoms with Crippen molar-refractivity contribution in [3.63, 3.8) is 0 Å². The van der Waals surface area contributed by atoms with Gasteiger partial charge in [-0.05, 0) is 42.5 Å². The van der Waals surface area contributed by atoms with Gasteiger partial charge in [0, 0.05) is 0 Å². The quantitative estimate of drug-likeness (QED) is 0.752. The van der Waals surface area contributed by atoms with Crippen molar-refractivity contribution >= 4 is 0 Å². The normalized spacial score (nSPS) is 16.4. The van der Waals surface area contributed by atoms with E-state index in [1.807, 2.05) is 12.1 Å². The standard InChI is InChI=1S/C16H18O/c1-17-16-12-10-15(11-13-16)9-5-8-14-6-3-2-4-7-14/h2-4,6,8,10-13H,5,7,9H2,1H3/b14-8+. The van der Waals surface area contributed by atoms with Crippen LogP contribution in [0.25, 0.3) is 0 Å². The summed E-state index contributed by atoms with van der Waals surface area (Å²) in [6, 6.07) is 8.30. The Hall–Kier alpha value is -1.76. The molecule has 1 nitrogen and oxygen atoms in total. The van der Waals surface area contributed by atoms with E-state index >= 15 is 0 Å². The molecule has 0 radical (unpaired) electrons. The van der Waals surface area contributed by atoms with Crippen molar-refractivity contribution in [3.05, 3.63) is 65.8 Å². The number of benzene rings is 1. The van der Waals surface area contributed by atoms with Crippen molar-refractivity contribution in [2.24, 2.45) is 0 Å². The van der Waals surface area contributed by atoms with Gasteiger partial charge in [0.05, 0.1) is 7.11 Å². The molecule has 0 N–H and O–H groups in total. The molecule has 2 rings (SSSR count). The summed E-state index contributed by atoms with van der Waals surface area (Å²) < 4.78 is 5.14. The first kappa shape index (κ1) is 11.7. The molecule has 0 bridgehead atoms. The topological polar surface area (TPSA) is 9.23 Å². The van der Waals surface area contributed by atoms with E-state index in [9.17, 15) is 0 Å². The molecule has 0 saturated carbocycles. The lowest BCUT2D eigenvalue weighted by Gasteiger charge is -2.04. The van der Waals surface area contributed by atoms with Gasteiger partial charge in [0.15, 0.2) is 0 Å². The maximum Gasteiger partial charge on any atom is 0.118 e. The van der Waals surface area contributed by atoms with Crippen molar-refractivity contribution < 1.29 is 4.74 Å². The molecule has 0 heterocycles. The molecular weight excluding hydrogens is 208 g/mol. The molecule has 0 fully saturated rings. The maximum absolute atomic E-state index is 5.14. The highest BCUT2D eigenvalue weighted by Gasteiger charge is 1.95. The Bertz CT molecular complexity index is 435. The Morgan fingerprint density at radius 3 is 2.65 bits per heavy atom. The first-order valence-electron chi connectivity index (χ1n) is 6.03. The largest absolute Gasteiger partial charge is 0.497 e. The summed E-state index contributed by atoms with van der Waals surface area (Å²) in [7, 11) is 1.70. The Balaban J connectivity index is 1.85. The fourth-order valence-electron chi connectivity index (χ4n) is 1.90. The molecule has 0 saturated heterocycles. The van der Waals surface area contributed by atoms with Gasteiger partial charge in [0.1, 0.15) is 5.75 Å². The SMILES string of the molecule is COc1ccc(CC/C=C2\C=CC=CC2)cc1. The predicted octanol–water partition coefficient (Wildman–Crippen LogP) is 4.07. The van der Waals surface area contributed by atoms with E-state index in [-0.39, 0.29) is 0 Å². The molecule has 0 amide bonds. The van der Waals surface area contributed by atoms with E-state index in [1.165, 1.54) is 11.1 Å². The summed E-state index contributed by atoms with van der Waals surface area (Å²) >= 11 is 0. The average Bonchev–Trinajstić information content (AvgIpc) is 2.41. The van der Waals surface area contributed by atoms with Crippen LogP contribution in [0.4, 0.5) is 0 Å². The smallest absolute Gasteiger partial charge is 0.118 e. The molecule has 0 aliphatic heterocycles. The molecule has 0 unspecified atom stereocenters. The first-order chi connectivity index (χ1) is 8.38. The zero-order valence-corrected chi connectivity index (χ0v) is 10.2. The molecule has 1 aromatic carbocycles. The lowest BCUT2D eigenvalue weighted by atomic mass is 10.0. The van der Waals surface area contributed by atoms with Crippen molar-refractivity contribution in [3.8, 4) is 5.75 Å². The summed E-state index contributed by atoms with van der Waals surface area (Å²) in [5.41, 5.74) is 2.78. The number of aryl methyl sites for hydroxylation is 1. The fourth-order valence-corrected chi connectivity index (χ4v) is 1.90. The van der Waals surface area contributed by atoms with Crippen LogP contribution in [0, 0.1) is 0 Å². The second-order valence-corrected chi connectivity index (χ2v) is 4.16. The zero-order chi connectivity index (χ0) is 11.9. The molecule has 17 heavy (non-hydrogen) atoms. The van der Waals surface area contributed by atoms with Gasteiger partial charge in [0.2, 0.25) is 0 Å². The number of hydrogen-bond donors (Lipinski definition) is 0. The van der Waals surface area contributed by atoms with Gasteiger partial charge in [-0.3, -0.25) is 0 Å². The monoisotopic (exact) mass is 226 g/mol. The summed E-state index contributed by atoms with van der Waals surface area (Å²) in [5, 5.41) is 0. The first-order valence-corrected chi connectivity index (χ1v) is 6.03. The molecule has 1 aliphatic rings. The minimum Gasteiger partial charge on any atom is -0.497 e. The number of ether oxygens (including phenoxy) is 1. The average molecular weight is 226 g/mol.